The number of halogens is 3. The molecule has 1 nitrogen and oxygen atoms in total. The Labute approximate surface area is 102 Å². The molecule has 1 N–H and O–H groups in total. The maximum Gasteiger partial charge on any atom is 0.389 e. The predicted octanol–water partition coefficient (Wildman–Crippen LogP) is 4.28. The third-order valence-electron chi connectivity index (χ3n) is 3.67. The van der Waals surface area contributed by atoms with E-state index in [1.54, 1.807) is 0 Å². The molecular formula is C13H24F3N. The normalized spacial score (nSPS) is 21.2. The summed E-state index contributed by atoms with van der Waals surface area (Å²) in [6.45, 7) is 2.73. The fourth-order valence-corrected chi connectivity index (χ4v) is 2.80. The first-order valence-corrected chi connectivity index (χ1v) is 6.83. The van der Waals surface area contributed by atoms with Gasteiger partial charge in [-0.25, -0.2) is 0 Å². The lowest BCUT2D eigenvalue weighted by Gasteiger charge is -2.27. The molecule has 0 spiro atoms. The van der Waals surface area contributed by atoms with E-state index < -0.39 is 12.6 Å². The van der Waals surface area contributed by atoms with Gasteiger partial charge in [0.2, 0.25) is 0 Å². The van der Waals surface area contributed by atoms with Crippen molar-refractivity contribution in [3.8, 4) is 0 Å². The number of rotatable bonds is 5. The molecule has 1 aliphatic carbocycles. The topological polar surface area (TPSA) is 12.0 Å². The van der Waals surface area contributed by atoms with Crippen LogP contribution < -0.4 is 5.32 Å². The van der Waals surface area contributed by atoms with Crippen molar-refractivity contribution in [2.24, 2.45) is 5.92 Å². The monoisotopic (exact) mass is 251 g/mol. The molecule has 1 aliphatic rings. The second-order valence-electron chi connectivity index (χ2n) is 5.07. The molecule has 1 rings (SSSR count). The first-order valence-electron chi connectivity index (χ1n) is 6.83. The minimum Gasteiger partial charge on any atom is -0.314 e. The van der Waals surface area contributed by atoms with E-state index in [1.807, 2.05) is 6.92 Å². The minimum atomic E-state index is -4.02. The van der Waals surface area contributed by atoms with Crippen molar-refractivity contribution in [3.63, 3.8) is 0 Å². The molecule has 1 fully saturated rings. The largest absolute Gasteiger partial charge is 0.389 e. The van der Waals surface area contributed by atoms with Crippen LogP contribution in [0.25, 0.3) is 0 Å². The molecule has 1 atom stereocenters. The quantitative estimate of drug-likeness (QED) is 0.719. The van der Waals surface area contributed by atoms with E-state index in [9.17, 15) is 13.2 Å². The lowest BCUT2D eigenvalue weighted by molar-refractivity contribution is -0.137. The molecule has 4 heteroatoms. The average Bonchev–Trinajstić information content (AvgIpc) is 2.51. The van der Waals surface area contributed by atoms with Gasteiger partial charge in [0.15, 0.2) is 0 Å². The van der Waals surface area contributed by atoms with Crippen molar-refractivity contribution in [1.29, 1.82) is 0 Å². The second kappa shape index (κ2) is 7.24. The molecule has 0 aromatic rings. The van der Waals surface area contributed by atoms with E-state index >= 15 is 0 Å². The fourth-order valence-electron chi connectivity index (χ4n) is 2.80. The molecule has 0 aromatic carbocycles. The van der Waals surface area contributed by atoms with Crippen molar-refractivity contribution in [2.75, 3.05) is 6.54 Å². The highest BCUT2D eigenvalue weighted by Gasteiger charge is 2.30. The molecule has 0 radical (unpaired) electrons. The maximum absolute atomic E-state index is 12.3. The minimum absolute atomic E-state index is 0.0553. The third kappa shape index (κ3) is 6.29. The van der Waals surface area contributed by atoms with Gasteiger partial charge in [0.05, 0.1) is 0 Å². The molecule has 0 saturated heterocycles. The van der Waals surface area contributed by atoms with Crippen LogP contribution in [0.15, 0.2) is 0 Å². The predicted molar refractivity (Wildman–Crippen MR) is 63.9 cm³/mol. The Kier molecular flexibility index (Phi) is 6.31. The summed E-state index contributed by atoms with van der Waals surface area (Å²) in [5, 5.41) is 3.25. The van der Waals surface area contributed by atoms with Gasteiger partial charge in [-0.15, -0.1) is 0 Å². The molecule has 102 valence electrons. The number of alkyl halides is 3. The summed E-state index contributed by atoms with van der Waals surface area (Å²) in [4.78, 5) is 0. The SMILES string of the molecule is CCNC(CCC(F)(F)F)C1CCCCCC1. The van der Waals surface area contributed by atoms with E-state index in [0.29, 0.717) is 5.92 Å². The molecule has 1 unspecified atom stereocenters. The van der Waals surface area contributed by atoms with Gasteiger partial charge in [0.25, 0.3) is 0 Å². The van der Waals surface area contributed by atoms with E-state index in [2.05, 4.69) is 5.32 Å². The zero-order chi connectivity index (χ0) is 12.7. The van der Waals surface area contributed by atoms with Crippen LogP contribution in [0.2, 0.25) is 0 Å². The van der Waals surface area contributed by atoms with Gasteiger partial charge in [0, 0.05) is 12.5 Å². The van der Waals surface area contributed by atoms with Crippen LogP contribution in [0.3, 0.4) is 0 Å². The summed E-state index contributed by atoms with van der Waals surface area (Å²) in [7, 11) is 0. The average molecular weight is 251 g/mol. The molecule has 0 aromatic heterocycles. The number of nitrogens with one attached hydrogen (secondary N) is 1. The van der Waals surface area contributed by atoms with Crippen molar-refractivity contribution < 1.29 is 13.2 Å². The summed E-state index contributed by atoms with van der Waals surface area (Å²) in [6.07, 6.45) is 2.60. The number of hydrogen-bond donors (Lipinski definition) is 1. The highest BCUT2D eigenvalue weighted by molar-refractivity contribution is 4.79. The zero-order valence-electron chi connectivity index (χ0n) is 10.7. The Morgan fingerprint density at radius 2 is 1.71 bits per heavy atom. The van der Waals surface area contributed by atoms with Crippen molar-refractivity contribution in [2.45, 2.75) is 70.5 Å². The lowest BCUT2D eigenvalue weighted by atomic mass is 9.89. The highest BCUT2D eigenvalue weighted by atomic mass is 19.4. The summed E-state index contributed by atoms with van der Waals surface area (Å²) < 4.78 is 36.8. The Morgan fingerprint density at radius 3 is 2.18 bits per heavy atom. The van der Waals surface area contributed by atoms with Crippen molar-refractivity contribution >= 4 is 0 Å². The smallest absolute Gasteiger partial charge is 0.314 e. The van der Waals surface area contributed by atoms with Gasteiger partial charge >= 0.3 is 6.18 Å². The van der Waals surface area contributed by atoms with Gasteiger partial charge in [-0.05, 0) is 31.7 Å². The Balaban J connectivity index is 2.44. The van der Waals surface area contributed by atoms with Gasteiger partial charge < -0.3 is 5.32 Å². The first-order chi connectivity index (χ1) is 8.03. The standard InChI is InChI=1S/C13H24F3N/c1-2-17-12(9-10-13(14,15)16)11-7-5-3-4-6-8-11/h11-12,17H,2-10H2,1H3. The molecule has 0 bridgehead atoms. The highest BCUT2D eigenvalue weighted by Crippen LogP contribution is 2.30. The summed E-state index contributed by atoms with van der Waals surface area (Å²) in [6, 6.07) is 0.0553. The molecular weight excluding hydrogens is 227 g/mol. The van der Waals surface area contributed by atoms with Crippen LogP contribution in [0.5, 0.6) is 0 Å². The van der Waals surface area contributed by atoms with Gasteiger partial charge in [-0.2, -0.15) is 13.2 Å². The molecule has 1 saturated carbocycles. The second-order valence-corrected chi connectivity index (χ2v) is 5.07. The van der Waals surface area contributed by atoms with Gasteiger partial charge in [0.1, 0.15) is 0 Å². The molecule has 0 amide bonds. The zero-order valence-corrected chi connectivity index (χ0v) is 10.7. The molecule has 0 heterocycles. The summed E-state index contributed by atoms with van der Waals surface area (Å²) in [5.41, 5.74) is 0. The number of hydrogen-bond acceptors (Lipinski definition) is 1. The van der Waals surface area contributed by atoms with Gasteiger partial charge in [-0.3, -0.25) is 0 Å². The van der Waals surface area contributed by atoms with Crippen LogP contribution in [0, 0.1) is 5.92 Å². The molecule has 17 heavy (non-hydrogen) atoms. The van der Waals surface area contributed by atoms with Crippen LogP contribution in [0.1, 0.15) is 58.3 Å². The Bertz CT molecular complexity index is 195. The fraction of sp³-hybridized carbons (Fsp3) is 1.00. The Morgan fingerprint density at radius 1 is 1.12 bits per heavy atom. The van der Waals surface area contributed by atoms with Gasteiger partial charge in [-0.1, -0.05) is 32.6 Å². The first kappa shape index (κ1) is 14.8. The van der Waals surface area contributed by atoms with Crippen LogP contribution in [-0.4, -0.2) is 18.8 Å². The van der Waals surface area contributed by atoms with E-state index in [0.717, 1.165) is 19.4 Å². The van der Waals surface area contributed by atoms with Crippen LogP contribution in [-0.2, 0) is 0 Å². The van der Waals surface area contributed by atoms with Crippen LogP contribution in [0.4, 0.5) is 13.2 Å². The Hall–Kier alpha value is -0.250. The summed E-state index contributed by atoms with van der Waals surface area (Å²) in [5.74, 6) is 0.444. The molecule has 0 aliphatic heterocycles. The van der Waals surface area contributed by atoms with Crippen molar-refractivity contribution in [1.82, 2.24) is 5.32 Å². The summed E-state index contributed by atoms with van der Waals surface area (Å²) >= 11 is 0. The van der Waals surface area contributed by atoms with E-state index in [-0.39, 0.29) is 12.5 Å². The van der Waals surface area contributed by atoms with Crippen LogP contribution >= 0.6 is 0 Å². The van der Waals surface area contributed by atoms with E-state index in [1.165, 1.54) is 25.7 Å². The third-order valence-corrected chi connectivity index (χ3v) is 3.67. The van der Waals surface area contributed by atoms with E-state index in [4.69, 9.17) is 0 Å². The van der Waals surface area contributed by atoms with Crippen molar-refractivity contribution in [3.05, 3.63) is 0 Å². The maximum atomic E-state index is 12.3. The lowest BCUT2D eigenvalue weighted by Crippen LogP contribution is -2.37.